The average molecular weight is 207 g/mol. The molecule has 1 aliphatic carbocycles. The largest absolute Gasteiger partial charge is 0.469 e. The summed E-state index contributed by atoms with van der Waals surface area (Å²) in [7, 11) is 0. The summed E-state index contributed by atoms with van der Waals surface area (Å²) < 4.78 is 5.47. The van der Waals surface area contributed by atoms with Crippen molar-refractivity contribution in [1.29, 1.82) is 0 Å². The van der Waals surface area contributed by atoms with E-state index in [1.807, 2.05) is 6.07 Å². The molecule has 0 amide bonds. The molecule has 2 heteroatoms. The van der Waals surface area contributed by atoms with Crippen molar-refractivity contribution >= 4 is 0 Å². The van der Waals surface area contributed by atoms with Crippen molar-refractivity contribution in [2.24, 2.45) is 11.8 Å². The first-order chi connectivity index (χ1) is 7.27. The molecule has 2 rings (SSSR count). The van der Waals surface area contributed by atoms with Crippen LogP contribution in [0.25, 0.3) is 0 Å². The molecular weight excluding hydrogens is 186 g/mol. The summed E-state index contributed by atoms with van der Waals surface area (Å²) in [5.74, 6) is 3.37. The van der Waals surface area contributed by atoms with Gasteiger partial charge in [0.15, 0.2) is 0 Å². The Balaban J connectivity index is 1.75. The summed E-state index contributed by atoms with van der Waals surface area (Å²) in [6, 6.07) is 4.10. The minimum Gasteiger partial charge on any atom is -0.469 e. The van der Waals surface area contributed by atoms with Crippen molar-refractivity contribution in [2.75, 3.05) is 13.1 Å². The third-order valence-electron chi connectivity index (χ3n) is 3.29. The van der Waals surface area contributed by atoms with E-state index in [-0.39, 0.29) is 0 Å². The summed E-state index contributed by atoms with van der Waals surface area (Å²) in [6.45, 7) is 6.76. The monoisotopic (exact) mass is 207 g/mol. The van der Waals surface area contributed by atoms with Crippen LogP contribution in [0.15, 0.2) is 22.8 Å². The van der Waals surface area contributed by atoms with Crippen LogP contribution in [0.4, 0.5) is 0 Å². The Morgan fingerprint density at radius 2 is 2.33 bits per heavy atom. The second-order valence-corrected chi connectivity index (χ2v) is 5.01. The summed E-state index contributed by atoms with van der Waals surface area (Å²) in [4.78, 5) is 0. The molecule has 1 fully saturated rings. The van der Waals surface area contributed by atoms with E-state index in [1.165, 1.54) is 18.6 Å². The predicted molar refractivity (Wildman–Crippen MR) is 61.9 cm³/mol. The fourth-order valence-corrected chi connectivity index (χ4v) is 2.25. The van der Waals surface area contributed by atoms with Crippen molar-refractivity contribution in [3.8, 4) is 0 Å². The van der Waals surface area contributed by atoms with Crippen molar-refractivity contribution in [3.05, 3.63) is 24.2 Å². The van der Waals surface area contributed by atoms with Crippen molar-refractivity contribution in [3.63, 3.8) is 0 Å². The van der Waals surface area contributed by atoms with Crippen molar-refractivity contribution in [1.82, 2.24) is 5.32 Å². The van der Waals surface area contributed by atoms with Gasteiger partial charge in [-0.05, 0) is 49.9 Å². The summed E-state index contributed by atoms with van der Waals surface area (Å²) >= 11 is 0. The minimum atomic E-state index is 0.666. The van der Waals surface area contributed by atoms with Gasteiger partial charge in [0.1, 0.15) is 5.76 Å². The molecule has 0 spiro atoms. The van der Waals surface area contributed by atoms with Crippen LogP contribution in [0, 0.1) is 11.8 Å². The molecule has 1 saturated carbocycles. The van der Waals surface area contributed by atoms with Gasteiger partial charge in [0.2, 0.25) is 0 Å². The summed E-state index contributed by atoms with van der Waals surface area (Å²) in [6.07, 6.45) is 4.42. The van der Waals surface area contributed by atoms with Crippen LogP contribution in [0.3, 0.4) is 0 Å². The van der Waals surface area contributed by atoms with Crippen LogP contribution in [0.5, 0.6) is 0 Å². The second-order valence-electron chi connectivity index (χ2n) is 5.01. The second kappa shape index (κ2) is 4.84. The van der Waals surface area contributed by atoms with Gasteiger partial charge < -0.3 is 9.73 Å². The zero-order valence-electron chi connectivity index (χ0n) is 9.70. The highest BCUT2D eigenvalue weighted by Gasteiger charge is 2.33. The summed E-state index contributed by atoms with van der Waals surface area (Å²) in [5.41, 5.74) is 0. The van der Waals surface area contributed by atoms with Gasteiger partial charge in [-0.3, -0.25) is 0 Å². The van der Waals surface area contributed by atoms with Gasteiger partial charge in [-0.1, -0.05) is 13.8 Å². The Bertz CT molecular complexity index is 279. The Hall–Kier alpha value is -0.760. The molecule has 1 aliphatic rings. The van der Waals surface area contributed by atoms with Crippen LogP contribution in [0.1, 0.15) is 38.4 Å². The molecule has 0 bridgehead atoms. The topological polar surface area (TPSA) is 25.2 Å². The molecule has 2 unspecified atom stereocenters. The van der Waals surface area contributed by atoms with Crippen LogP contribution >= 0.6 is 0 Å². The molecule has 0 aromatic carbocycles. The molecule has 1 heterocycles. The molecule has 15 heavy (non-hydrogen) atoms. The lowest BCUT2D eigenvalue weighted by Gasteiger charge is -2.35. The van der Waals surface area contributed by atoms with Crippen molar-refractivity contribution in [2.45, 2.75) is 32.6 Å². The zero-order valence-corrected chi connectivity index (χ0v) is 9.70. The van der Waals surface area contributed by atoms with Crippen molar-refractivity contribution < 1.29 is 4.42 Å². The van der Waals surface area contributed by atoms with Crippen LogP contribution in [-0.4, -0.2) is 13.1 Å². The molecule has 84 valence electrons. The highest BCUT2D eigenvalue weighted by Crippen LogP contribution is 2.42. The maximum absolute atomic E-state index is 5.47. The lowest BCUT2D eigenvalue weighted by Crippen LogP contribution is -2.35. The third kappa shape index (κ3) is 2.63. The number of hydrogen-bond donors (Lipinski definition) is 1. The van der Waals surface area contributed by atoms with E-state index in [1.54, 1.807) is 6.26 Å². The Labute approximate surface area is 92.1 Å². The number of hydrogen-bond acceptors (Lipinski definition) is 2. The van der Waals surface area contributed by atoms with E-state index < -0.39 is 0 Å². The fourth-order valence-electron chi connectivity index (χ4n) is 2.25. The average Bonchev–Trinajstić information content (AvgIpc) is 2.63. The molecule has 1 aromatic heterocycles. The van der Waals surface area contributed by atoms with Gasteiger partial charge in [-0.2, -0.15) is 0 Å². The van der Waals surface area contributed by atoms with E-state index in [0.29, 0.717) is 5.92 Å². The molecule has 0 saturated heterocycles. The van der Waals surface area contributed by atoms with E-state index in [9.17, 15) is 0 Å². The maximum atomic E-state index is 5.47. The van der Waals surface area contributed by atoms with E-state index in [4.69, 9.17) is 4.42 Å². The van der Waals surface area contributed by atoms with Gasteiger partial charge in [0, 0.05) is 5.92 Å². The molecule has 2 nitrogen and oxygen atoms in total. The lowest BCUT2D eigenvalue weighted by molar-refractivity contribution is 0.214. The van der Waals surface area contributed by atoms with E-state index in [0.717, 1.165) is 24.9 Å². The first-order valence-electron chi connectivity index (χ1n) is 6.01. The van der Waals surface area contributed by atoms with E-state index in [2.05, 4.69) is 25.2 Å². The minimum absolute atomic E-state index is 0.666. The van der Waals surface area contributed by atoms with Gasteiger partial charge in [-0.25, -0.2) is 0 Å². The highest BCUT2D eigenvalue weighted by atomic mass is 16.3. The van der Waals surface area contributed by atoms with Gasteiger partial charge in [0.05, 0.1) is 6.26 Å². The third-order valence-corrected chi connectivity index (χ3v) is 3.29. The van der Waals surface area contributed by atoms with Crippen LogP contribution < -0.4 is 5.32 Å². The molecular formula is C13H21NO. The highest BCUT2D eigenvalue weighted by molar-refractivity contribution is 5.11. The fraction of sp³-hybridized carbons (Fsp3) is 0.692. The van der Waals surface area contributed by atoms with Crippen LogP contribution in [-0.2, 0) is 0 Å². The van der Waals surface area contributed by atoms with Crippen LogP contribution in [0.2, 0.25) is 0 Å². The normalized spacial score (nSPS) is 25.5. The Morgan fingerprint density at radius 3 is 2.87 bits per heavy atom. The number of nitrogens with one attached hydrogen (secondary N) is 1. The molecule has 0 radical (unpaired) electrons. The lowest BCUT2D eigenvalue weighted by atomic mass is 9.72. The first kappa shape index (κ1) is 10.7. The predicted octanol–water partition coefficient (Wildman–Crippen LogP) is 3.02. The molecule has 2 atom stereocenters. The van der Waals surface area contributed by atoms with Gasteiger partial charge >= 0.3 is 0 Å². The molecule has 1 aromatic rings. The summed E-state index contributed by atoms with van der Waals surface area (Å²) in [5, 5.41) is 3.54. The molecule has 1 N–H and O–H groups in total. The Kier molecular flexibility index (Phi) is 3.47. The van der Waals surface area contributed by atoms with Gasteiger partial charge in [0.25, 0.3) is 0 Å². The SMILES string of the molecule is CC(C)CNCC1CCC1c1ccco1. The standard InChI is InChI=1S/C13H21NO/c1-10(2)8-14-9-11-5-6-12(11)13-4-3-7-15-13/h3-4,7,10-12,14H,5-6,8-9H2,1-2H3. The van der Waals surface area contributed by atoms with E-state index >= 15 is 0 Å². The maximum Gasteiger partial charge on any atom is 0.107 e. The van der Waals surface area contributed by atoms with Gasteiger partial charge in [-0.15, -0.1) is 0 Å². The zero-order chi connectivity index (χ0) is 10.7. The quantitative estimate of drug-likeness (QED) is 0.803. The molecule has 0 aliphatic heterocycles. The first-order valence-corrected chi connectivity index (χ1v) is 6.01. The number of furan rings is 1. The number of rotatable bonds is 5. The Morgan fingerprint density at radius 1 is 1.47 bits per heavy atom. The smallest absolute Gasteiger partial charge is 0.107 e.